The molecule has 0 radical (unpaired) electrons. The lowest BCUT2D eigenvalue weighted by Crippen LogP contribution is -2.49. The lowest BCUT2D eigenvalue weighted by atomic mass is 10.2. The number of methoxy groups -OCH3 is 1. The van der Waals surface area contributed by atoms with Gasteiger partial charge in [0.25, 0.3) is 0 Å². The van der Waals surface area contributed by atoms with Crippen molar-refractivity contribution in [2.45, 2.75) is 16.5 Å². The number of carbonyl (C=O) groups excluding carboxylic acids is 1. The summed E-state index contributed by atoms with van der Waals surface area (Å²) in [5, 5.41) is 2.01. The number of halogens is 1. The molecular formula is C23H24BrN3O2S2. The standard InChI is InChI=1S/C23H24BrN3O2S2/c1-29-21-4-2-3-20(14-21)26-9-11-27(12-10-26)22(28)13-19-16-31-23(25-19)30-15-17-5-7-18(24)8-6-17/h2-8,14,16H,9-13,15H2,1H3. The molecule has 3 aromatic rings. The van der Waals surface area contributed by atoms with E-state index in [1.807, 2.05) is 28.5 Å². The first kappa shape index (κ1) is 22.2. The number of thiazole rings is 1. The Kier molecular flexibility index (Phi) is 7.53. The number of ether oxygens (including phenoxy) is 1. The Bertz CT molecular complexity index is 1020. The molecule has 162 valence electrons. The Labute approximate surface area is 199 Å². The summed E-state index contributed by atoms with van der Waals surface area (Å²) >= 11 is 6.79. The van der Waals surface area contributed by atoms with Crippen LogP contribution in [0.1, 0.15) is 11.3 Å². The van der Waals surface area contributed by atoms with Crippen LogP contribution in [0.15, 0.2) is 62.7 Å². The lowest BCUT2D eigenvalue weighted by molar-refractivity contribution is -0.130. The Balaban J connectivity index is 1.26. The smallest absolute Gasteiger partial charge is 0.228 e. The van der Waals surface area contributed by atoms with Gasteiger partial charge in [-0.05, 0) is 29.8 Å². The van der Waals surface area contributed by atoms with Gasteiger partial charge >= 0.3 is 0 Å². The molecule has 31 heavy (non-hydrogen) atoms. The molecule has 0 N–H and O–H groups in total. The molecule has 1 amide bonds. The second-order valence-electron chi connectivity index (χ2n) is 7.27. The van der Waals surface area contributed by atoms with Crippen molar-refractivity contribution in [1.29, 1.82) is 0 Å². The third-order valence-electron chi connectivity index (χ3n) is 5.19. The van der Waals surface area contributed by atoms with Gasteiger partial charge in [0.05, 0.1) is 19.2 Å². The van der Waals surface area contributed by atoms with E-state index in [-0.39, 0.29) is 5.91 Å². The fraction of sp³-hybridized carbons (Fsp3) is 0.304. The molecule has 2 heterocycles. The van der Waals surface area contributed by atoms with E-state index in [4.69, 9.17) is 4.74 Å². The zero-order valence-electron chi connectivity index (χ0n) is 17.3. The second-order valence-corrected chi connectivity index (χ2v) is 10.3. The van der Waals surface area contributed by atoms with Crippen molar-refractivity contribution >= 4 is 50.6 Å². The lowest BCUT2D eigenvalue weighted by Gasteiger charge is -2.36. The third-order valence-corrected chi connectivity index (χ3v) is 7.86. The van der Waals surface area contributed by atoms with Crippen LogP contribution in [0, 0.1) is 0 Å². The van der Waals surface area contributed by atoms with Gasteiger partial charge in [0.2, 0.25) is 5.91 Å². The first-order valence-electron chi connectivity index (χ1n) is 10.1. The highest BCUT2D eigenvalue weighted by molar-refractivity contribution is 9.10. The van der Waals surface area contributed by atoms with Crippen LogP contribution in [0.25, 0.3) is 0 Å². The second kappa shape index (κ2) is 10.5. The van der Waals surface area contributed by atoms with Gasteiger partial charge in [0.1, 0.15) is 10.1 Å². The molecule has 1 saturated heterocycles. The van der Waals surface area contributed by atoms with Crippen LogP contribution in [0.2, 0.25) is 0 Å². The minimum atomic E-state index is 0.153. The molecule has 5 nitrogen and oxygen atoms in total. The van der Waals surface area contributed by atoms with Gasteiger partial charge in [-0.15, -0.1) is 11.3 Å². The fourth-order valence-electron chi connectivity index (χ4n) is 3.45. The van der Waals surface area contributed by atoms with Crippen molar-refractivity contribution in [2.24, 2.45) is 0 Å². The molecule has 4 rings (SSSR count). The number of hydrogen-bond acceptors (Lipinski definition) is 6. The van der Waals surface area contributed by atoms with Gasteiger partial charge in [0.15, 0.2) is 0 Å². The van der Waals surface area contributed by atoms with Crippen LogP contribution in [-0.2, 0) is 17.0 Å². The van der Waals surface area contributed by atoms with Crippen LogP contribution in [0.4, 0.5) is 5.69 Å². The summed E-state index contributed by atoms with van der Waals surface area (Å²) in [5.74, 6) is 1.88. The summed E-state index contributed by atoms with van der Waals surface area (Å²) in [6, 6.07) is 16.4. The van der Waals surface area contributed by atoms with Gasteiger partial charge in [0, 0.05) is 53.5 Å². The Morgan fingerprint density at radius 1 is 1.16 bits per heavy atom. The Morgan fingerprint density at radius 3 is 2.68 bits per heavy atom. The topological polar surface area (TPSA) is 45.7 Å². The van der Waals surface area contributed by atoms with Gasteiger partial charge in [-0.2, -0.15) is 0 Å². The maximum atomic E-state index is 12.8. The van der Waals surface area contributed by atoms with Gasteiger partial charge < -0.3 is 14.5 Å². The normalized spacial score (nSPS) is 14.0. The molecule has 1 aromatic heterocycles. The molecule has 0 atom stereocenters. The highest BCUT2D eigenvalue weighted by Crippen LogP contribution is 2.27. The van der Waals surface area contributed by atoms with Crippen LogP contribution in [-0.4, -0.2) is 49.1 Å². The van der Waals surface area contributed by atoms with E-state index in [0.717, 1.165) is 57.9 Å². The van der Waals surface area contributed by atoms with Crippen molar-refractivity contribution in [3.8, 4) is 5.75 Å². The number of anilines is 1. The number of nitrogens with zero attached hydrogens (tertiary/aromatic N) is 3. The van der Waals surface area contributed by atoms with E-state index >= 15 is 0 Å². The van der Waals surface area contributed by atoms with Crippen molar-refractivity contribution in [1.82, 2.24) is 9.88 Å². The molecule has 0 saturated carbocycles. The fourth-order valence-corrected chi connectivity index (χ4v) is 5.51. The van der Waals surface area contributed by atoms with Gasteiger partial charge in [-0.1, -0.05) is 45.9 Å². The van der Waals surface area contributed by atoms with Crippen molar-refractivity contribution < 1.29 is 9.53 Å². The summed E-state index contributed by atoms with van der Waals surface area (Å²) in [6.45, 7) is 3.10. The molecule has 0 spiro atoms. The molecular weight excluding hydrogens is 494 g/mol. The quantitative estimate of drug-likeness (QED) is 0.408. The van der Waals surface area contributed by atoms with E-state index in [0.29, 0.717) is 6.42 Å². The number of thioether (sulfide) groups is 1. The van der Waals surface area contributed by atoms with Crippen molar-refractivity contribution in [2.75, 3.05) is 38.2 Å². The summed E-state index contributed by atoms with van der Waals surface area (Å²) in [4.78, 5) is 21.7. The Hall–Kier alpha value is -2.03. The van der Waals surface area contributed by atoms with E-state index in [1.165, 1.54) is 5.56 Å². The number of piperazine rings is 1. The maximum absolute atomic E-state index is 12.8. The van der Waals surface area contributed by atoms with Gasteiger partial charge in [-0.25, -0.2) is 4.98 Å². The molecule has 0 bridgehead atoms. The largest absolute Gasteiger partial charge is 0.497 e. The minimum Gasteiger partial charge on any atom is -0.497 e. The van der Waals surface area contributed by atoms with E-state index in [2.05, 4.69) is 56.1 Å². The van der Waals surface area contributed by atoms with Crippen LogP contribution in [0.5, 0.6) is 5.75 Å². The van der Waals surface area contributed by atoms with Crippen molar-refractivity contribution in [3.63, 3.8) is 0 Å². The van der Waals surface area contributed by atoms with Crippen LogP contribution in [0.3, 0.4) is 0 Å². The highest BCUT2D eigenvalue weighted by atomic mass is 79.9. The number of hydrogen-bond donors (Lipinski definition) is 0. The van der Waals surface area contributed by atoms with Crippen LogP contribution >= 0.6 is 39.0 Å². The molecule has 1 fully saturated rings. The predicted molar refractivity (Wildman–Crippen MR) is 131 cm³/mol. The van der Waals surface area contributed by atoms with E-state index < -0.39 is 0 Å². The van der Waals surface area contributed by atoms with Crippen molar-refractivity contribution in [3.05, 3.63) is 69.6 Å². The first-order valence-corrected chi connectivity index (χ1v) is 12.7. The number of carbonyl (C=O) groups is 1. The zero-order chi connectivity index (χ0) is 21.6. The van der Waals surface area contributed by atoms with Gasteiger partial charge in [-0.3, -0.25) is 4.79 Å². The summed E-state index contributed by atoms with van der Waals surface area (Å²) in [5.41, 5.74) is 3.26. The number of amides is 1. The Morgan fingerprint density at radius 2 is 1.94 bits per heavy atom. The summed E-state index contributed by atoms with van der Waals surface area (Å²) < 4.78 is 7.41. The van der Waals surface area contributed by atoms with E-state index in [1.54, 1.807) is 30.2 Å². The summed E-state index contributed by atoms with van der Waals surface area (Å²) in [6.07, 6.45) is 0.370. The molecule has 8 heteroatoms. The average molecular weight is 519 g/mol. The molecule has 0 aliphatic carbocycles. The maximum Gasteiger partial charge on any atom is 0.228 e. The number of rotatable bonds is 7. The average Bonchev–Trinajstić information content (AvgIpc) is 3.26. The monoisotopic (exact) mass is 517 g/mol. The molecule has 2 aromatic carbocycles. The minimum absolute atomic E-state index is 0.153. The van der Waals surface area contributed by atoms with Crippen LogP contribution < -0.4 is 9.64 Å². The molecule has 1 aliphatic rings. The number of benzene rings is 2. The first-order chi connectivity index (χ1) is 15.1. The predicted octanol–water partition coefficient (Wildman–Crippen LogP) is 5.10. The van der Waals surface area contributed by atoms with E-state index in [9.17, 15) is 4.79 Å². The number of aromatic nitrogens is 1. The zero-order valence-corrected chi connectivity index (χ0v) is 20.5. The molecule has 0 unspecified atom stereocenters. The third kappa shape index (κ3) is 6.02. The summed E-state index contributed by atoms with van der Waals surface area (Å²) in [7, 11) is 1.68. The SMILES string of the molecule is COc1cccc(N2CCN(C(=O)Cc3csc(SCc4ccc(Br)cc4)n3)CC2)c1. The molecule has 1 aliphatic heterocycles. The highest BCUT2D eigenvalue weighted by Gasteiger charge is 2.22.